The molecule has 2 aliphatic rings. The minimum Gasteiger partial charge on any atom is -0.406 e. The number of hydrogen-bond acceptors (Lipinski definition) is 7. The van der Waals surface area contributed by atoms with Gasteiger partial charge in [-0.25, -0.2) is 15.1 Å². The van der Waals surface area contributed by atoms with Gasteiger partial charge in [0, 0.05) is 11.6 Å². The van der Waals surface area contributed by atoms with Crippen molar-refractivity contribution >= 4 is 45.9 Å². The molecule has 4 aromatic rings. The number of nitrogens with one attached hydrogen (secondary N) is 2. The van der Waals surface area contributed by atoms with Crippen molar-refractivity contribution in [1.82, 2.24) is 25.6 Å². The Balaban J connectivity index is 1.07. The van der Waals surface area contributed by atoms with Crippen molar-refractivity contribution in [2.24, 2.45) is 4.99 Å². The van der Waals surface area contributed by atoms with Gasteiger partial charge in [0.25, 0.3) is 0 Å². The number of aromatic nitrogens is 3. The summed E-state index contributed by atoms with van der Waals surface area (Å²) in [5.41, 5.74) is 11.8. The number of rotatable bonds is 7. The van der Waals surface area contributed by atoms with E-state index in [1.807, 2.05) is 43.3 Å². The summed E-state index contributed by atoms with van der Waals surface area (Å²) in [5.74, 6) is 0.459. The van der Waals surface area contributed by atoms with E-state index in [1.165, 1.54) is 58.2 Å². The molecule has 2 N–H and O–H groups in total. The second-order valence-corrected chi connectivity index (χ2v) is 11.8. The summed E-state index contributed by atoms with van der Waals surface area (Å²) in [4.78, 5) is 23.5. The van der Waals surface area contributed by atoms with Crippen LogP contribution in [0.2, 0.25) is 0 Å². The highest BCUT2D eigenvalue weighted by Crippen LogP contribution is 2.35. The molecule has 1 atom stereocenters. The van der Waals surface area contributed by atoms with Gasteiger partial charge in [0.2, 0.25) is 11.0 Å². The van der Waals surface area contributed by atoms with E-state index in [-0.39, 0.29) is 22.8 Å². The lowest BCUT2D eigenvalue weighted by Gasteiger charge is -2.24. The van der Waals surface area contributed by atoms with Gasteiger partial charge in [-0.1, -0.05) is 48.2 Å². The van der Waals surface area contributed by atoms with E-state index in [0.29, 0.717) is 22.4 Å². The van der Waals surface area contributed by atoms with Crippen molar-refractivity contribution in [2.45, 2.75) is 45.0 Å². The minimum absolute atomic E-state index is 0.00491. The molecule has 45 heavy (non-hydrogen) atoms. The molecule has 1 aliphatic carbocycles. The molecule has 1 unspecified atom stereocenters. The molecule has 0 bridgehead atoms. The molecule has 14 heteroatoms. The monoisotopic (exact) mass is 651 g/mol. The number of aryl methyl sites for hydroxylation is 1. The number of benzene rings is 3. The molecule has 0 spiro atoms. The second-order valence-electron chi connectivity index (χ2n) is 10.5. The number of alkyl halides is 3. The second kappa shape index (κ2) is 13.0. The number of hydrogen-bond donors (Lipinski definition) is 2. The standard InChI is InChI=1S/C31H28F3N7O2S2/c1-19(37-38-29(44)36-30-41(27(42)17-45-30)26-8-4-6-21-5-2-3-7-25(21)26)20-9-11-22(12-10-20)28-35-18-40(39-28)23-13-15-24(16-14-23)43-31(32,33)34/h4,6,8-16,18-19,37H,2-3,5,7,17H2,1H3,(H,38,44). The van der Waals surface area contributed by atoms with Crippen LogP contribution in [0.4, 0.5) is 18.9 Å². The first-order chi connectivity index (χ1) is 21.6. The minimum atomic E-state index is -4.75. The molecule has 1 aromatic heterocycles. The van der Waals surface area contributed by atoms with E-state index < -0.39 is 6.36 Å². The largest absolute Gasteiger partial charge is 0.573 e. The third kappa shape index (κ3) is 7.18. The van der Waals surface area contributed by atoms with Gasteiger partial charge in [-0.15, -0.1) is 18.3 Å². The molecule has 232 valence electrons. The molecule has 1 aliphatic heterocycles. The Morgan fingerprint density at radius 1 is 1.07 bits per heavy atom. The Morgan fingerprint density at radius 2 is 1.82 bits per heavy atom. The predicted octanol–water partition coefficient (Wildman–Crippen LogP) is 6.29. The molecule has 1 fully saturated rings. The Bertz CT molecular complexity index is 1740. The fraction of sp³-hybridized carbons (Fsp3) is 0.258. The Kier molecular flexibility index (Phi) is 8.88. The molecule has 0 saturated carbocycles. The maximum Gasteiger partial charge on any atom is 0.573 e. The van der Waals surface area contributed by atoms with E-state index in [9.17, 15) is 18.0 Å². The van der Waals surface area contributed by atoms with E-state index in [1.54, 1.807) is 4.90 Å². The highest BCUT2D eigenvalue weighted by Gasteiger charge is 2.33. The molecule has 0 radical (unpaired) electrons. The predicted molar refractivity (Wildman–Crippen MR) is 171 cm³/mol. The van der Waals surface area contributed by atoms with E-state index in [4.69, 9.17) is 12.2 Å². The molecule has 9 nitrogen and oxygen atoms in total. The highest BCUT2D eigenvalue weighted by molar-refractivity contribution is 8.15. The van der Waals surface area contributed by atoms with Crippen LogP contribution in [0.15, 0.2) is 78.0 Å². The number of ether oxygens (including phenoxy) is 1. The summed E-state index contributed by atoms with van der Waals surface area (Å²) < 4.78 is 42.7. The summed E-state index contributed by atoms with van der Waals surface area (Å²) in [6.07, 6.45) is 0.974. The van der Waals surface area contributed by atoms with Crippen LogP contribution in [0.25, 0.3) is 17.1 Å². The fourth-order valence-corrected chi connectivity index (χ4v) is 6.33. The highest BCUT2D eigenvalue weighted by atomic mass is 32.2. The van der Waals surface area contributed by atoms with Crippen molar-refractivity contribution in [1.29, 1.82) is 0 Å². The number of fused-ring (bicyclic) bond motifs is 1. The van der Waals surface area contributed by atoms with Crippen molar-refractivity contribution in [2.75, 3.05) is 10.7 Å². The van der Waals surface area contributed by atoms with Crippen molar-refractivity contribution in [3.8, 4) is 22.8 Å². The van der Waals surface area contributed by atoms with Crippen LogP contribution >= 0.6 is 24.0 Å². The lowest BCUT2D eigenvalue weighted by molar-refractivity contribution is -0.274. The van der Waals surface area contributed by atoms with Gasteiger partial charge in [0.1, 0.15) is 12.1 Å². The third-order valence-electron chi connectivity index (χ3n) is 7.47. The lowest BCUT2D eigenvalue weighted by Crippen LogP contribution is -2.38. The number of carbonyl (C=O) groups is 1. The normalized spacial score (nSPS) is 16.5. The number of aliphatic imine (C=N–C) groups is 1. The molecule has 1 amide bonds. The van der Waals surface area contributed by atoms with Gasteiger partial charge < -0.3 is 4.74 Å². The van der Waals surface area contributed by atoms with Crippen molar-refractivity contribution in [3.05, 3.63) is 89.7 Å². The van der Waals surface area contributed by atoms with Gasteiger partial charge in [-0.2, -0.15) is 4.99 Å². The number of nitrogens with zero attached hydrogens (tertiary/aromatic N) is 5. The summed E-state index contributed by atoms with van der Waals surface area (Å²) in [6.45, 7) is 1.97. The number of amides is 1. The fourth-order valence-electron chi connectivity index (χ4n) is 5.26. The van der Waals surface area contributed by atoms with Gasteiger partial charge in [-0.05, 0) is 91.8 Å². The topological polar surface area (TPSA) is 96.7 Å². The average molecular weight is 652 g/mol. The van der Waals surface area contributed by atoms with Gasteiger partial charge in [0.15, 0.2) is 11.0 Å². The number of anilines is 1. The zero-order chi connectivity index (χ0) is 31.6. The number of thiocarbonyl (C=S) groups is 1. The van der Waals surface area contributed by atoms with Crippen LogP contribution in [-0.4, -0.2) is 43.1 Å². The summed E-state index contributed by atoms with van der Waals surface area (Å²) >= 11 is 6.87. The van der Waals surface area contributed by atoms with E-state index in [0.717, 1.165) is 42.5 Å². The van der Waals surface area contributed by atoms with Gasteiger partial charge in [0.05, 0.1) is 17.1 Å². The lowest BCUT2D eigenvalue weighted by atomic mass is 9.90. The Hall–Kier alpha value is -4.27. The first kappa shape index (κ1) is 30.7. The summed E-state index contributed by atoms with van der Waals surface area (Å²) in [7, 11) is 0. The van der Waals surface area contributed by atoms with Crippen LogP contribution in [0, 0.1) is 0 Å². The molecule has 1 saturated heterocycles. The number of carbonyl (C=O) groups excluding carboxylic acids is 1. The number of thioether (sulfide) groups is 1. The van der Waals surface area contributed by atoms with E-state index in [2.05, 4.69) is 36.7 Å². The van der Waals surface area contributed by atoms with Crippen molar-refractivity contribution in [3.63, 3.8) is 0 Å². The number of halogens is 3. The molecular formula is C31H28F3N7O2S2. The molecule has 2 heterocycles. The van der Waals surface area contributed by atoms with Crippen LogP contribution in [-0.2, 0) is 17.6 Å². The maximum absolute atomic E-state index is 12.9. The van der Waals surface area contributed by atoms with Crippen LogP contribution in [0.1, 0.15) is 42.5 Å². The number of amidine groups is 1. The zero-order valence-corrected chi connectivity index (χ0v) is 25.7. The molecule has 3 aromatic carbocycles. The smallest absolute Gasteiger partial charge is 0.406 e. The third-order valence-corrected chi connectivity index (χ3v) is 8.58. The zero-order valence-electron chi connectivity index (χ0n) is 24.0. The quantitative estimate of drug-likeness (QED) is 0.178. The van der Waals surface area contributed by atoms with Crippen molar-refractivity contribution < 1.29 is 22.7 Å². The Labute approximate surface area is 266 Å². The first-order valence-electron chi connectivity index (χ1n) is 14.2. The average Bonchev–Trinajstić information content (AvgIpc) is 3.66. The maximum atomic E-state index is 12.9. The van der Waals surface area contributed by atoms with Gasteiger partial charge in [-0.3, -0.25) is 15.1 Å². The van der Waals surface area contributed by atoms with E-state index >= 15 is 0 Å². The van der Waals surface area contributed by atoms with Crippen LogP contribution < -0.4 is 20.5 Å². The molecule has 6 rings (SSSR count). The SMILES string of the molecule is CC(NNC(=S)N=C1SCC(=O)N1c1cccc2c1CCCC2)c1ccc(-c2ncn(-c3ccc(OC(F)(F)F)cc3)n2)cc1. The van der Waals surface area contributed by atoms with Crippen LogP contribution in [0.5, 0.6) is 5.75 Å². The first-order valence-corrected chi connectivity index (χ1v) is 15.6. The summed E-state index contributed by atoms with van der Waals surface area (Å²) in [6, 6.07) is 19.0. The number of hydrazine groups is 1. The molecular weight excluding hydrogens is 624 g/mol. The Morgan fingerprint density at radius 3 is 2.58 bits per heavy atom. The van der Waals surface area contributed by atoms with Gasteiger partial charge >= 0.3 is 6.36 Å². The van der Waals surface area contributed by atoms with Crippen LogP contribution in [0.3, 0.4) is 0 Å². The summed E-state index contributed by atoms with van der Waals surface area (Å²) in [5, 5.41) is 5.23.